The van der Waals surface area contributed by atoms with Gasteiger partial charge in [0.1, 0.15) is 0 Å². The Morgan fingerprint density at radius 1 is 0.735 bits per heavy atom. The number of para-hydroxylation sites is 1. The molecule has 0 N–H and O–H groups in total. The molecule has 164 valence electrons. The molecule has 0 heterocycles. The van der Waals surface area contributed by atoms with Gasteiger partial charge in [-0.3, -0.25) is 4.79 Å². The molecule has 0 fully saturated rings. The third kappa shape index (κ3) is 2.72. The summed E-state index contributed by atoms with van der Waals surface area (Å²) in [7, 11) is 3.35. The summed E-state index contributed by atoms with van der Waals surface area (Å²) < 4.78 is 4.79. The molecule has 0 bridgehead atoms. The summed E-state index contributed by atoms with van der Waals surface area (Å²) in [6.07, 6.45) is 3.09. The summed E-state index contributed by atoms with van der Waals surface area (Å²) in [5.41, 5.74) is 5.96. The average Bonchev–Trinajstić information content (AvgIpc) is 3.49. The Morgan fingerprint density at radius 2 is 1.29 bits per heavy atom. The van der Waals surface area contributed by atoms with Crippen LogP contribution in [0.5, 0.6) is 0 Å². The van der Waals surface area contributed by atoms with Crippen LogP contribution >= 0.6 is 0 Å². The van der Waals surface area contributed by atoms with Crippen LogP contribution in [-0.4, -0.2) is 20.1 Å². The van der Waals surface area contributed by atoms with Crippen LogP contribution in [-0.2, 0) is 9.53 Å². The molecule has 3 aliphatic rings. The first-order valence-electron chi connectivity index (χ1n) is 11.1. The Hall–Kier alpha value is -4.44. The van der Waals surface area contributed by atoms with Crippen molar-refractivity contribution in [3.63, 3.8) is 0 Å². The van der Waals surface area contributed by atoms with Gasteiger partial charge in [-0.25, -0.2) is 4.79 Å². The van der Waals surface area contributed by atoms with E-state index in [4.69, 9.17) is 4.74 Å². The second kappa shape index (κ2) is 7.56. The van der Waals surface area contributed by atoms with Gasteiger partial charge < -0.3 is 9.64 Å². The van der Waals surface area contributed by atoms with Crippen LogP contribution in [0.1, 0.15) is 5.56 Å². The fourth-order valence-electron chi connectivity index (χ4n) is 5.26. The van der Waals surface area contributed by atoms with Crippen molar-refractivity contribution in [3.05, 3.63) is 101 Å². The van der Waals surface area contributed by atoms with Gasteiger partial charge in [0, 0.05) is 40.9 Å². The Labute approximate surface area is 196 Å². The molecule has 4 heteroatoms. The van der Waals surface area contributed by atoms with Gasteiger partial charge >= 0.3 is 5.97 Å². The van der Waals surface area contributed by atoms with Gasteiger partial charge in [0.2, 0.25) is 0 Å². The highest BCUT2D eigenvalue weighted by Gasteiger charge is 2.35. The van der Waals surface area contributed by atoms with Crippen molar-refractivity contribution in [1.82, 2.24) is 0 Å². The van der Waals surface area contributed by atoms with Crippen molar-refractivity contribution < 1.29 is 9.53 Å². The first-order chi connectivity index (χ1) is 16.6. The first-order valence-corrected chi connectivity index (χ1v) is 11.1. The van der Waals surface area contributed by atoms with Crippen molar-refractivity contribution in [2.75, 3.05) is 19.1 Å². The standard InChI is InChI=1S/C30H21NO3/c1-31(18-10-4-3-5-11-18)29-23-15-9-8-14-21(23)26-25-20-13-7-6-12-19(20)22(16-17-24(32)34-2)27(25)30(33)28(26)29/h3-17H,1-2H3/b17-16+. The lowest BCUT2D eigenvalue weighted by molar-refractivity contribution is -0.134. The summed E-state index contributed by atoms with van der Waals surface area (Å²) >= 11 is 0. The topological polar surface area (TPSA) is 46.6 Å². The second-order valence-electron chi connectivity index (χ2n) is 8.43. The van der Waals surface area contributed by atoms with Gasteiger partial charge in [-0.15, -0.1) is 0 Å². The second-order valence-corrected chi connectivity index (χ2v) is 8.43. The molecule has 0 unspecified atom stereocenters. The van der Waals surface area contributed by atoms with E-state index >= 15 is 0 Å². The van der Waals surface area contributed by atoms with Gasteiger partial charge in [0.15, 0.2) is 5.43 Å². The Bertz CT molecular complexity index is 1690. The minimum atomic E-state index is -0.452. The predicted molar refractivity (Wildman–Crippen MR) is 139 cm³/mol. The Balaban J connectivity index is 1.76. The van der Waals surface area contributed by atoms with Crippen molar-refractivity contribution in [2.24, 2.45) is 0 Å². The summed E-state index contributed by atoms with van der Waals surface area (Å²) in [5.74, 6) is -0.452. The third-order valence-corrected chi connectivity index (χ3v) is 6.71. The van der Waals surface area contributed by atoms with Crippen LogP contribution in [0.4, 0.5) is 11.4 Å². The van der Waals surface area contributed by atoms with Crippen LogP contribution in [0.25, 0.3) is 49.9 Å². The maximum atomic E-state index is 14.1. The molecular weight excluding hydrogens is 422 g/mol. The largest absolute Gasteiger partial charge is 0.466 e. The van der Waals surface area contributed by atoms with Crippen molar-refractivity contribution >= 4 is 45.0 Å². The van der Waals surface area contributed by atoms with E-state index in [1.165, 1.54) is 13.2 Å². The predicted octanol–water partition coefficient (Wildman–Crippen LogP) is 6.39. The molecule has 0 spiro atoms. The van der Waals surface area contributed by atoms with Gasteiger partial charge in [-0.05, 0) is 39.9 Å². The van der Waals surface area contributed by atoms with Crippen LogP contribution in [0, 0.1) is 0 Å². The average molecular weight is 444 g/mol. The number of methoxy groups -OCH3 is 1. The summed E-state index contributed by atoms with van der Waals surface area (Å²) in [6.45, 7) is 0. The molecule has 6 rings (SSSR count). The maximum Gasteiger partial charge on any atom is 0.330 e. The van der Waals surface area contributed by atoms with E-state index in [0.717, 1.165) is 55.2 Å². The monoisotopic (exact) mass is 443 g/mol. The molecule has 3 aliphatic carbocycles. The number of anilines is 2. The number of fused-ring (bicyclic) bond motifs is 7. The SMILES string of the molecule is COC(=O)/C=C/c1c2c(=O)c3c(N(C)c4ccccc4)c4ccccc4c-3c-2c2ccccc12. The number of carbonyl (C=O) groups is 1. The van der Waals surface area contributed by atoms with E-state index in [0.29, 0.717) is 5.56 Å². The molecule has 4 nitrogen and oxygen atoms in total. The highest BCUT2D eigenvalue weighted by molar-refractivity contribution is 6.26. The van der Waals surface area contributed by atoms with Crippen LogP contribution < -0.4 is 10.3 Å². The van der Waals surface area contributed by atoms with E-state index in [-0.39, 0.29) is 5.43 Å². The summed E-state index contributed by atoms with van der Waals surface area (Å²) in [5, 5.41) is 4.07. The Kier molecular flexibility index (Phi) is 4.49. The number of esters is 1. The van der Waals surface area contributed by atoms with Crippen LogP contribution in [0.2, 0.25) is 0 Å². The zero-order chi connectivity index (χ0) is 23.4. The number of ether oxygens (including phenoxy) is 1. The lowest BCUT2D eigenvalue weighted by atomic mass is 10.0. The fourth-order valence-corrected chi connectivity index (χ4v) is 5.26. The molecular formula is C30H21NO3. The smallest absolute Gasteiger partial charge is 0.330 e. The van der Waals surface area contributed by atoms with E-state index in [1.807, 2.05) is 73.8 Å². The van der Waals surface area contributed by atoms with Gasteiger partial charge in [0.25, 0.3) is 0 Å². The van der Waals surface area contributed by atoms with Crippen LogP contribution in [0.3, 0.4) is 0 Å². The number of carbonyl (C=O) groups excluding carboxylic acids is 1. The minimum Gasteiger partial charge on any atom is -0.466 e. The molecule has 0 saturated heterocycles. The fraction of sp³-hybridized carbons (Fsp3) is 0.0667. The zero-order valence-corrected chi connectivity index (χ0v) is 18.8. The molecule has 0 amide bonds. The quantitative estimate of drug-likeness (QED) is 0.234. The minimum absolute atomic E-state index is 0.0142. The lowest BCUT2D eigenvalue weighted by Crippen LogP contribution is -2.12. The first kappa shape index (κ1) is 20.2. The van der Waals surface area contributed by atoms with Crippen LogP contribution in [0.15, 0.2) is 89.7 Å². The zero-order valence-electron chi connectivity index (χ0n) is 18.8. The Morgan fingerprint density at radius 3 is 1.97 bits per heavy atom. The van der Waals surface area contributed by atoms with Gasteiger partial charge in [0.05, 0.1) is 18.4 Å². The number of rotatable bonds is 4. The third-order valence-electron chi connectivity index (χ3n) is 6.71. The molecule has 3 aromatic rings. The van der Waals surface area contributed by atoms with Crippen molar-refractivity contribution in [2.45, 2.75) is 0 Å². The van der Waals surface area contributed by atoms with Crippen molar-refractivity contribution in [3.8, 4) is 22.3 Å². The van der Waals surface area contributed by atoms with E-state index < -0.39 is 5.97 Å². The highest BCUT2D eigenvalue weighted by Crippen LogP contribution is 2.54. The summed E-state index contributed by atoms with van der Waals surface area (Å²) in [4.78, 5) is 28.1. The molecule has 0 atom stereocenters. The molecule has 0 aromatic heterocycles. The number of nitrogens with zero attached hydrogens (tertiary/aromatic N) is 1. The van der Waals surface area contributed by atoms with Crippen molar-refractivity contribution in [1.29, 1.82) is 0 Å². The number of benzene rings is 3. The highest BCUT2D eigenvalue weighted by atomic mass is 16.5. The molecule has 0 radical (unpaired) electrons. The van der Waals surface area contributed by atoms with E-state index in [1.54, 1.807) is 6.08 Å². The van der Waals surface area contributed by atoms with Gasteiger partial charge in [-0.1, -0.05) is 66.7 Å². The maximum absolute atomic E-state index is 14.1. The van der Waals surface area contributed by atoms with E-state index in [9.17, 15) is 9.59 Å². The molecule has 0 aliphatic heterocycles. The number of hydrogen-bond acceptors (Lipinski definition) is 4. The van der Waals surface area contributed by atoms with Gasteiger partial charge in [-0.2, -0.15) is 0 Å². The summed E-state index contributed by atoms with van der Waals surface area (Å²) in [6, 6.07) is 26.3. The van der Waals surface area contributed by atoms with E-state index in [2.05, 4.69) is 17.0 Å². The molecule has 0 saturated carbocycles. The number of hydrogen-bond donors (Lipinski definition) is 0. The lowest BCUT2D eigenvalue weighted by Gasteiger charge is -2.20. The molecule has 3 aromatic carbocycles. The molecule has 34 heavy (non-hydrogen) atoms. The normalized spacial score (nSPS) is 11.9.